The molecule has 0 saturated carbocycles. The Bertz CT molecular complexity index is 562. The van der Waals surface area contributed by atoms with Crippen molar-refractivity contribution in [3.8, 4) is 0 Å². The van der Waals surface area contributed by atoms with Gasteiger partial charge in [0.25, 0.3) is 0 Å². The van der Waals surface area contributed by atoms with Gasteiger partial charge in [0.15, 0.2) is 5.37 Å². The Morgan fingerprint density at radius 3 is 3.31 bits per heavy atom. The van der Waals surface area contributed by atoms with Crippen LogP contribution < -0.4 is 5.01 Å². The molecule has 0 fully saturated rings. The van der Waals surface area contributed by atoms with Crippen molar-refractivity contribution in [2.45, 2.75) is 10.5 Å². The van der Waals surface area contributed by atoms with Gasteiger partial charge >= 0.3 is 0 Å². The van der Waals surface area contributed by atoms with E-state index in [0.717, 1.165) is 10.9 Å². The van der Waals surface area contributed by atoms with Crippen LogP contribution in [-0.2, 0) is 0 Å². The molecule has 4 rings (SSSR count). The standard InChI is InChI=1S/C9H6N4OS2/c1-2-6(14-3-1)8-13-7(4-15-8)16-9-11-10-5-12(9)13/h1-5,8H. The van der Waals surface area contributed by atoms with E-state index < -0.39 is 0 Å². The number of nitrogens with zero attached hydrogens (tertiary/aromatic N) is 4. The minimum atomic E-state index is 0.148. The normalized spacial score (nSPS) is 22.1. The van der Waals surface area contributed by atoms with Gasteiger partial charge in [0.05, 0.1) is 6.26 Å². The van der Waals surface area contributed by atoms with Crippen molar-refractivity contribution < 1.29 is 4.42 Å². The first kappa shape index (κ1) is 8.77. The average molecular weight is 250 g/mol. The topological polar surface area (TPSA) is 47.1 Å². The van der Waals surface area contributed by atoms with Gasteiger partial charge in [0.2, 0.25) is 5.16 Å². The summed E-state index contributed by atoms with van der Waals surface area (Å²) in [6, 6.07) is 3.89. The van der Waals surface area contributed by atoms with Crippen LogP contribution in [-0.4, -0.2) is 14.9 Å². The lowest BCUT2D eigenvalue weighted by atomic mass is 10.4. The van der Waals surface area contributed by atoms with Crippen molar-refractivity contribution in [3.05, 3.63) is 40.9 Å². The van der Waals surface area contributed by atoms with Crippen molar-refractivity contribution in [2.75, 3.05) is 5.01 Å². The Morgan fingerprint density at radius 1 is 1.44 bits per heavy atom. The Balaban J connectivity index is 1.80. The van der Waals surface area contributed by atoms with Crippen LogP contribution in [0.25, 0.3) is 0 Å². The first-order valence-electron chi connectivity index (χ1n) is 4.70. The average Bonchev–Trinajstić information content (AvgIpc) is 2.98. The fraction of sp³-hybridized carbons (Fsp3) is 0.111. The zero-order chi connectivity index (χ0) is 10.5. The summed E-state index contributed by atoms with van der Waals surface area (Å²) in [6.07, 6.45) is 3.43. The summed E-state index contributed by atoms with van der Waals surface area (Å²) in [5.41, 5.74) is 0. The molecule has 7 heteroatoms. The molecule has 4 heterocycles. The molecule has 1 unspecified atom stereocenters. The Hall–Kier alpha value is -1.34. The predicted molar refractivity (Wildman–Crippen MR) is 61.2 cm³/mol. The van der Waals surface area contributed by atoms with Crippen molar-refractivity contribution in [3.63, 3.8) is 0 Å². The Labute approximate surface area is 99.5 Å². The van der Waals surface area contributed by atoms with Gasteiger partial charge in [-0.3, -0.25) is 0 Å². The van der Waals surface area contributed by atoms with Crippen molar-refractivity contribution >= 4 is 23.5 Å². The first-order valence-corrected chi connectivity index (χ1v) is 6.46. The largest absolute Gasteiger partial charge is 0.466 e. The maximum absolute atomic E-state index is 5.46. The summed E-state index contributed by atoms with van der Waals surface area (Å²) >= 11 is 3.36. The van der Waals surface area contributed by atoms with Crippen LogP contribution in [0.3, 0.4) is 0 Å². The zero-order valence-electron chi connectivity index (χ0n) is 7.98. The van der Waals surface area contributed by atoms with E-state index >= 15 is 0 Å². The molecule has 0 aliphatic carbocycles. The van der Waals surface area contributed by atoms with Crippen molar-refractivity contribution in [1.82, 2.24) is 14.9 Å². The summed E-state index contributed by atoms with van der Waals surface area (Å²) in [4.78, 5) is 0. The molecule has 1 atom stereocenters. The lowest BCUT2D eigenvalue weighted by molar-refractivity contribution is 0.482. The number of thioether (sulfide) groups is 2. The molecule has 2 aliphatic heterocycles. The van der Waals surface area contributed by atoms with E-state index in [9.17, 15) is 0 Å². The third-order valence-corrected chi connectivity index (χ3v) is 4.62. The van der Waals surface area contributed by atoms with E-state index in [1.54, 1.807) is 36.1 Å². The van der Waals surface area contributed by atoms with Gasteiger partial charge in [-0.15, -0.1) is 10.2 Å². The Morgan fingerprint density at radius 2 is 2.44 bits per heavy atom. The molecule has 0 N–H and O–H groups in total. The quantitative estimate of drug-likeness (QED) is 0.773. The summed E-state index contributed by atoms with van der Waals surface area (Å²) in [6.45, 7) is 0. The molecule has 0 spiro atoms. The lowest BCUT2D eigenvalue weighted by Crippen LogP contribution is -2.28. The van der Waals surface area contributed by atoms with E-state index in [0.29, 0.717) is 0 Å². The van der Waals surface area contributed by atoms with Crippen molar-refractivity contribution in [2.24, 2.45) is 0 Å². The smallest absolute Gasteiger partial charge is 0.216 e. The van der Waals surface area contributed by atoms with Gasteiger partial charge in [-0.1, -0.05) is 11.8 Å². The highest BCUT2D eigenvalue weighted by atomic mass is 32.2. The minimum absolute atomic E-state index is 0.148. The third-order valence-electron chi connectivity index (χ3n) is 2.46. The molecule has 0 saturated heterocycles. The molecule has 2 aliphatic rings. The fourth-order valence-electron chi connectivity index (χ4n) is 1.79. The highest BCUT2D eigenvalue weighted by Gasteiger charge is 2.38. The SMILES string of the molecule is C1=C2Sc3nncn3N2C(c2ccco2)S1. The van der Waals surface area contributed by atoms with E-state index in [1.165, 1.54) is 5.03 Å². The van der Waals surface area contributed by atoms with Crippen LogP contribution in [0.2, 0.25) is 0 Å². The summed E-state index contributed by atoms with van der Waals surface area (Å²) in [7, 11) is 0. The summed E-state index contributed by atoms with van der Waals surface area (Å²) in [5.74, 6) is 0.943. The molecule has 0 radical (unpaired) electrons. The molecule has 80 valence electrons. The number of fused-ring (bicyclic) bond motifs is 3. The lowest BCUT2D eigenvalue weighted by Gasteiger charge is -2.21. The number of hydrogen-bond donors (Lipinski definition) is 0. The predicted octanol–water partition coefficient (Wildman–Crippen LogP) is 2.16. The monoisotopic (exact) mass is 250 g/mol. The second-order valence-corrected chi connectivity index (χ2v) is 5.31. The van der Waals surface area contributed by atoms with E-state index in [4.69, 9.17) is 4.42 Å². The molecule has 2 aromatic heterocycles. The third kappa shape index (κ3) is 1.04. The molecule has 5 nitrogen and oxygen atoms in total. The Kier molecular flexibility index (Phi) is 1.69. The van der Waals surface area contributed by atoms with E-state index in [-0.39, 0.29) is 5.37 Å². The number of furan rings is 1. The summed E-state index contributed by atoms with van der Waals surface area (Å²) in [5, 5.41) is 14.5. The van der Waals surface area contributed by atoms with Crippen LogP contribution >= 0.6 is 23.5 Å². The minimum Gasteiger partial charge on any atom is -0.466 e. The van der Waals surface area contributed by atoms with Crippen LogP contribution in [0.1, 0.15) is 11.1 Å². The summed E-state index contributed by atoms with van der Waals surface area (Å²) < 4.78 is 7.42. The van der Waals surface area contributed by atoms with Gasteiger partial charge < -0.3 is 4.42 Å². The van der Waals surface area contributed by atoms with Gasteiger partial charge in [-0.05, 0) is 23.9 Å². The molecule has 0 bridgehead atoms. The fourth-order valence-corrected chi connectivity index (χ4v) is 3.96. The molecule has 0 amide bonds. The number of hydrogen-bond acceptors (Lipinski definition) is 6. The molecule has 0 aromatic carbocycles. The second-order valence-electron chi connectivity index (χ2n) is 3.36. The zero-order valence-corrected chi connectivity index (χ0v) is 9.61. The van der Waals surface area contributed by atoms with Crippen molar-refractivity contribution in [1.29, 1.82) is 0 Å². The van der Waals surface area contributed by atoms with E-state index in [2.05, 4.69) is 20.6 Å². The van der Waals surface area contributed by atoms with Gasteiger partial charge in [-0.2, -0.15) is 0 Å². The molecule has 16 heavy (non-hydrogen) atoms. The van der Waals surface area contributed by atoms with Crippen LogP contribution in [0, 0.1) is 0 Å². The van der Waals surface area contributed by atoms with Crippen LogP contribution in [0.4, 0.5) is 0 Å². The number of aromatic nitrogens is 3. The first-order chi connectivity index (χ1) is 7.93. The molecule has 2 aromatic rings. The van der Waals surface area contributed by atoms with Gasteiger partial charge in [-0.25, -0.2) is 9.69 Å². The maximum Gasteiger partial charge on any atom is 0.216 e. The molecular formula is C9H6N4OS2. The van der Waals surface area contributed by atoms with Gasteiger partial charge in [0.1, 0.15) is 17.1 Å². The highest BCUT2D eigenvalue weighted by molar-refractivity contribution is 8.07. The number of rotatable bonds is 1. The second kappa shape index (κ2) is 3.08. The highest BCUT2D eigenvalue weighted by Crippen LogP contribution is 2.50. The molecular weight excluding hydrogens is 244 g/mol. The van der Waals surface area contributed by atoms with E-state index in [1.807, 2.05) is 16.8 Å². The van der Waals surface area contributed by atoms with Gasteiger partial charge in [0, 0.05) is 5.41 Å². The maximum atomic E-state index is 5.46. The van der Waals surface area contributed by atoms with Crippen LogP contribution in [0.15, 0.2) is 44.7 Å². The van der Waals surface area contributed by atoms with Crippen LogP contribution in [0.5, 0.6) is 0 Å².